The molecular weight excluding hydrogens is 176 g/mol. The van der Waals surface area contributed by atoms with Gasteiger partial charge in [-0.05, 0) is 6.92 Å². The van der Waals surface area contributed by atoms with Crippen LogP contribution in [0.5, 0.6) is 0 Å². The number of hydrogen-bond donors (Lipinski definition) is 2. The van der Waals surface area contributed by atoms with E-state index in [1.807, 2.05) is 0 Å². The van der Waals surface area contributed by atoms with Gasteiger partial charge in [0.15, 0.2) is 5.17 Å². The molecule has 1 atom stereocenters. The van der Waals surface area contributed by atoms with E-state index in [1.165, 1.54) is 4.90 Å². The standard InChI is InChI=1S/C6H14N4OS/c1-4(5(11)10(2)3)12-6(7)9-8/h4H,8H2,1-3H3,(H2,7,9). The Morgan fingerprint density at radius 1 is 1.58 bits per heavy atom. The molecule has 0 bridgehead atoms. The number of carbonyl (C=O) groups is 1. The van der Waals surface area contributed by atoms with Gasteiger partial charge in [0, 0.05) is 14.1 Å². The minimum atomic E-state index is -0.243. The van der Waals surface area contributed by atoms with Crippen molar-refractivity contribution in [3.8, 4) is 0 Å². The van der Waals surface area contributed by atoms with E-state index in [2.05, 4.69) is 5.10 Å². The largest absolute Gasteiger partial charge is 0.377 e. The lowest BCUT2D eigenvalue weighted by molar-refractivity contribution is -0.127. The summed E-state index contributed by atoms with van der Waals surface area (Å²) in [7, 11) is 3.38. The first-order valence-electron chi connectivity index (χ1n) is 3.40. The number of nitrogens with two attached hydrogens (primary N) is 2. The monoisotopic (exact) mass is 190 g/mol. The predicted octanol–water partition coefficient (Wildman–Crippen LogP) is -0.615. The lowest BCUT2D eigenvalue weighted by Crippen LogP contribution is -2.31. The summed E-state index contributed by atoms with van der Waals surface area (Å²) in [6, 6.07) is 0. The molecule has 5 nitrogen and oxygen atoms in total. The summed E-state index contributed by atoms with van der Waals surface area (Å²) in [5, 5.41) is 3.23. The molecule has 0 radical (unpaired) electrons. The Balaban J connectivity index is 4.04. The Morgan fingerprint density at radius 3 is 2.42 bits per heavy atom. The van der Waals surface area contributed by atoms with Crippen LogP contribution in [-0.2, 0) is 4.79 Å². The van der Waals surface area contributed by atoms with Gasteiger partial charge >= 0.3 is 0 Å². The molecule has 0 fully saturated rings. The number of hydrazone groups is 1. The molecule has 1 amide bonds. The third-order valence-electron chi connectivity index (χ3n) is 1.21. The van der Waals surface area contributed by atoms with Gasteiger partial charge < -0.3 is 16.5 Å². The van der Waals surface area contributed by atoms with Crippen molar-refractivity contribution in [3.05, 3.63) is 0 Å². The summed E-state index contributed by atoms with van der Waals surface area (Å²) in [4.78, 5) is 12.7. The molecule has 0 heterocycles. The maximum Gasteiger partial charge on any atom is 0.235 e. The second kappa shape index (κ2) is 4.87. The average molecular weight is 190 g/mol. The Bertz CT molecular complexity index is 192. The molecule has 6 heteroatoms. The third kappa shape index (κ3) is 3.47. The molecule has 0 aliphatic heterocycles. The van der Waals surface area contributed by atoms with Gasteiger partial charge in [0.25, 0.3) is 0 Å². The second-order valence-corrected chi connectivity index (χ2v) is 3.82. The van der Waals surface area contributed by atoms with E-state index in [0.717, 1.165) is 11.8 Å². The van der Waals surface area contributed by atoms with Crippen molar-refractivity contribution in [2.24, 2.45) is 16.7 Å². The highest BCUT2D eigenvalue weighted by Gasteiger charge is 2.16. The number of carbonyl (C=O) groups excluding carboxylic acids is 1. The highest BCUT2D eigenvalue weighted by atomic mass is 32.2. The number of thioether (sulfide) groups is 1. The fourth-order valence-electron chi connectivity index (χ4n) is 0.626. The first-order chi connectivity index (χ1) is 5.49. The quantitative estimate of drug-likeness (QED) is 0.263. The fourth-order valence-corrected chi connectivity index (χ4v) is 1.36. The maximum absolute atomic E-state index is 11.2. The minimum Gasteiger partial charge on any atom is -0.377 e. The van der Waals surface area contributed by atoms with Gasteiger partial charge in [0.2, 0.25) is 5.91 Å². The van der Waals surface area contributed by atoms with E-state index in [4.69, 9.17) is 11.6 Å². The van der Waals surface area contributed by atoms with Crippen LogP contribution in [0.1, 0.15) is 6.92 Å². The molecular formula is C6H14N4OS. The molecule has 0 aromatic carbocycles. The Kier molecular flexibility index (Phi) is 4.50. The van der Waals surface area contributed by atoms with Crippen molar-refractivity contribution in [1.82, 2.24) is 4.90 Å². The van der Waals surface area contributed by atoms with Gasteiger partial charge in [-0.15, -0.1) is 0 Å². The molecule has 0 rings (SSSR count). The number of rotatable bonds is 2. The lowest BCUT2D eigenvalue weighted by Gasteiger charge is -2.15. The second-order valence-electron chi connectivity index (χ2n) is 2.46. The number of hydrogen-bond acceptors (Lipinski definition) is 4. The summed E-state index contributed by atoms with van der Waals surface area (Å²) < 4.78 is 0. The number of amidine groups is 1. The van der Waals surface area contributed by atoms with Crippen LogP contribution in [0, 0.1) is 0 Å². The van der Waals surface area contributed by atoms with E-state index in [-0.39, 0.29) is 16.3 Å². The first kappa shape index (κ1) is 11.1. The van der Waals surface area contributed by atoms with Gasteiger partial charge in [-0.2, -0.15) is 5.10 Å². The van der Waals surface area contributed by atoms with Crippen LogP contribution in [0.25, 0.3) is 0 Å². The van der Waals surface area contributed by atoms with E-state index >= 15 is 0 Å². The summed E-state index contributed by atoms with van der Waals surface area (Å²) in [5.74, 6) is 4.91. The smallest absolute Gasteiger partial charge is 0.235 e. The SMILES string of the molecule is CC(SC(N)=NN)C(=O)N(C)C. The van der Waals surface area contributed by atoms with Gasteiger partial charge in [-0.3, -0.25) is 4.79 Å². The molecule has 0 saturated carbocycles. The third-order valence-corrected chi connectivity index (χ3v) is 2.12. The van der Waals surface area contributed by atoms with E-state index in [0.29, 0.717) is 0 Å². The maximum atomic E-state index is 11.2. The lowest BCUT2D eigenvalue weighted by atomic mass is 10.4. The predicted molar refractivity (Wildman–Crippen MR) is 51.6 cm³/mol. The van der Waals surface area contributed by atoms with Crippen molar-refractivity contribution in [1.29, 1.82) is 0 Å². The minimum absolute atomic E-state index is 0.00778. The van der Waals surface area contributed by atoms with Crippen LogP contribution in [0.15, 0.2) is 5.10 Å². The topological polar surface area (TPSA) is 84.7 Å². The molecule has 0 spiro atoms. The molecule has 4 N–H and O–H groups in total. The van der Waals surface area contributed by atoms with Crippen LogP contribution in [-0.4, -0.2) is 35.3 Å². The van der Waals surface area contributed by atoms with Crippen LogP contribution in [0.4, 0.5) is 0 Å². The zero-order valence-corrected chi connectivity index (χ0v) is 8.26. The van der Waals surface area contributed by atoms with E-state index < -0.39 is 0 Å². The van der Waals surface area contributed by atoms with E-state index in [1.54, 1.807) is 21.0 Å². The van der Waals surface area contributed by atoms with Crippen molar-refractivity contribution < 1.29 is 4.79 Å². The van der Waals surface area contributed by atoms with Crippen LogP contribution >= 0.6 is 11.8 Å². The van der Waals surface area contributed by atoms with Crippen LogP contribution in [0.2, 0.25) is 0 Å². The Labute approximate surface area is 76.2 Å². The summed E-state index contributed by atoms with van der Waals surface area (Å²) in [6.07, 6.45) is 0. The number of nitrogens with zero attached hydrogens (tertiary/aromatic N) is 2. The Hall–Kier alpha value is -0.910. The summed E-state index contributed by atoms with van der Waals surface area (Å²) in [6.45, 7) is 1.76. The molecule has 0 aliphatic rings. The zero-order valence-electron chi connectivity index (χ0n) is 7.44. The Morgan fingerprint density at radius 2 is 2.08 bits per heavy atom. The van der Waals surface area contributed by atoms with Gasteiger partial charge in [-0.1, -0.05) is 11.8 Å². The first-order valence-corrected chi connectivity index (χ1v) is 4.28. The van der Waals surface area contributed by atoms with Crippen molar-refractivity contribution in [3.63, 3.8) is 0 Å². The molecule has 12 heavy (non-hydrogen) atoms. The normalized spacial score (nSPS) is 14.1. The molecule has 0 aromatic rings. The van der Waals surface area contributed by atoms with Gasteiger partial charge in [0.05, 0.1) is 5.25 Å². The average Bonchev–Trinajstić information content (AvgIpc) is 2.02. The molecule has 0 saturated heterocycles. The highest BCUT2D eigenvalue weighted by Crippen LogP contribution is 2.11. The van der Waals surface area contributed by atoms with Crippen molar-refractivity contribution in [2.75, 3.05) is 14.1 Å². The number of amides is 1. The zero-order chi connectivity index (χ0) is 9.72. The van der Waals surface area contributed by atoms with Crippen molar-refractivity contribution >= 4 is 22.8 Å². The van der Waals surface area contributed by atoms with Crippen LogP contribution in [0.3, 0.4) is 0 Å². The molecule has 0 aromatic heterocycles. The molecule has 0 aliphatic carbocycles. The molecule has 70 valence electrons. The fraction of sp³-hybridized carbons (Fsp3) is 0.667. The highest BCUT2D eigenvalue weighted by molar-refractivity contribution is 8.14. The van der Waals surface area contributed by atoms with Gasteiger partial charge in [-0.25, -0.2) is 0 Å². The summed E-state index contributed by atoms with van der Waals surface area (Å²) in [5.41, 5.74) is 5.33. The summed E-state index contributed by atoms with van der Waals surface area (Å²) >= 11 is 1.15. The van der Waals surface area contributed by atoms with Crippen LogP contribution < -0.4 is 11.6 Å². The van der Waals surface area contributed by atoms with E-state index in [9.17, 15) is 4.79 Å². The molecule has 1 unspecified atom stereocenters. The van der Waals surface area contributed by atoms with Crippen molar-refractivity contribution in [2.45, 2.75) is 12.2 Å². The van der Waals surface area contributed by atoms with Gasteiger partial charge in [0.1, 0.15) is 0 Å².